The Labute approximate surface area is 176 Å². The number of amides is 1. The number of carbonyl (C=O) groups excluding carboxylic acids is 1. The lowest BCUT2D eigenvalue weighted by molar-refractivity contribution is -0.123. The molecule has 3 rings (SSSR count). The first-order valence-electron chi connectivity index (χ1n) is 8.78. The molecule has 144 valence electrons. The lowest BCUT2D eigenvalue weighted by Gasteiger charge is -2.21. The maximum Gasteiger partial charge on any atom is 0.257 e. The SMILES string of the molecule is O=C(COc1ccc(C2SCCCS2)cc1)NCCc1ccc(F)c(Br)c1. The number of thioether (sulfide) groups is 2. The molecular weight excluding hydrogens is 449 g/mol. The smallest absolute Gasteiger partial charge is 0.257 e. The highest BCUT2D eigenvalue weighted by molar-refractivity contribution is 9.10. The molecule has 0 unspecified atom stereocenters. The molecule has 1 heterocycles. The number of rotatable bonds is 7. The van der Waals surface area contributed by atoms with E-state index in [0.717, 1.165) is 5.56 Å². The van der Waals surface area contributed by atoms with E-state index in [9.17, 15) is 9.18 Å². The highest BCUT2D eigenvalue weighted by Crippen LogP contribution is 2.43. The molecule has 0 aromatic heterocycles. The van der Waals surface area contributed by atoms with Gasteiger partial charge in [0, 0.05) is 6.54 Å². The van der Waals surface area contributed by atoms with Crippen molar-refractivity contribution >= 4 is 45.4 Å². The van der Waals surface area contributed by atoms with Crippen LogP contribution in [0.2, 0.25) is 0 Å². The molecule has 3 nitrogen and oxygen atoms in total. The van der Waals surface area contributed by atoms with Gasteiger partial charge < -0.3 is 10.1 Å². The van der Waals surface area contributed by atoms with Gasteiger partial charge in [-0.05, 0) is 75.7 Å². The van der Waals surface area contributed by atoms with Crippen LogP contribution in [0.15, 0.2) is 46.9 Å². The van der Waals surface area contributed by atoms with Crippen molar-refractivity contribution in [2.75, 3.05) is 24.7 Å². The second-order valence-electron chi connectivity index (χ2n) is 6.13. The summed E-state index contributed by atoms with van der Waals surface area (Å²) in [5, 5.41) is 2.82. The Kier molecular flexibility index (Phi) is 7.91. The predicted octanol–water partition coefficient (Wildman–Crippen LogP) is 5.19. The monoisotopic (exact) mass is 469 g/mol. The number of carbonyl (C=O) groups is 1. The van der Waals surface area contributed by atoms with Gasteiger partial charge in [-0.15, -0.1) is 23.5 Å². The normalized spacial score (nSPS) is 14.7. The summed E-state index contributed by atoms with van der Waals surface area (Å²) >= 11 is 7.13. The van der Waals surface area contributed by atoms with Gasteiger partial charge in [0.1, 0.15) is 11.6 Å². The molecule has 0 saturated carbocycles. The van der Waals surface area contributed by atoms with Crippen LogP contribution in [0.1, 0.15) is 22.1 Å². The summed E-state index contributed by atoms with van der Waals surface area (Å²) in [4.78, 5) is 11.9. The molecule has 0 atom stereocenters. The number of benzene rings is 2. The van der Waals surface area contributed by atoms with Gasteiger partial charge in [-0.2, -0.15) is 0 Å². The molecule has 7 heteroatoms. The molecule has 1 fully saturated rings. The van der Waals surface area contributed by atoms with Crippen molar-refractivity contribution in [3.8, 4) is 5.75 Å². The fraction of sp³-hybridized carbons (Fsp3) is 0.350. The molecule has 0 aliphatic carbocycles. The van der Waals surface area contributed by atoms with Gasteiger partial charge in [-0.1, -0.05) is 18.2 Å². The van der Waals surface area contributed by atoms with Crippen LogP contribution in [-0.4, -0.2) is 30.6 Å². The molecule has 1 N–H and O–H groups in total. The summed E-state index contributed by atoms with van der Waals surface area (Å²) in [6.07, 6.45) is 1.91. The van der Waals surface area contributed by atoms with Gasteiger partial charge in [0.05, 0.1) is 9.05 Å². The average molecular weight is 470 g/mol. The molecule has 2 aromatic rings. The molecule has 1 aliphatic heterocycles. The topological polar surface area (TPSA) is 38.3 Å². The van der Waals surface area contributed by atoms with Gasteiger partial charge in [0.2, 0.25) is 0 Å². The van der Waals surface area contributed by atoms with E-state index in [4.69, 9.17) is 4.74 Å². The highest BCUT2D eigenvalue weighted by atomic mass is 79.9. The van der Waals surface area contributed by atoms with Crippen molar-refractivity contribution in [1.29, 1.82) is 0 Å². The van der Waals surface area contributed by atoms with E-state index >= 15 is 0 Å². The van der Waals surface area contributed by atoms with Crippen LogP contribution in [0.25, 0.3) is 0 Å². The largest absolute Gasteiger partial charge is 0.484 e. The molecule has 1 amide bonds. The molecule has 0 radical (unpaired) electrons. The Morgan fingerprint density at radius 3 is 2.63 bits per heavy atom. The quantitative estimate of drug-likeness (QED) is 0.604. The zero-order valence-electron chi connectivity index (χ0n) is 14.8. The third-order valence-electron chi connectivity index (χ3n) is 4.07. The summed E-state index contributed by atoms with van der Waals surface area (Å²) in [5.74, 6) is 2.67. The van der Waals surface area contributed by atoms with E-state index in [0.29, 0.717) is 27.8 Å². The molecule has 1 saturated heterocycles. The van der Waals surface area contributed by atoms with E-state index in [2.05, 4.69) is 33.4 Å². The number of nitrogens with one attached hydrogen (secondary N) is 1. The van der Waals surface area contributed by atoms with E-state index in [-0.39, 0.29) is 18.3 Å². The zero-order valence-corrected chi connectivity index (χ0v) is 18.0. The van der Waals surface area contributed by atoms with E-state index in [1.807, 2.05) is 35.7 Å². The predicted molar refractivity (Wildman–Crippen MR) is 115 cm³/mol. The Bertz CT molecular complexity index is 767. The minimum atomic E-state index is -0.289. The van der Waals surface area contributed by atoms with Crippen LogP contribution in [0.4, 0.5) is 4.39 Å². The van der Waals surface area contributed by atoms with Crippen molar-refractivity contribution in [3.63, 3.8) is 0 Å². The second-order valence-corrected chi connectivity index (χ2v) is 9.71. The molecular formula is C20H21BrFNO2S2. The zero-order chi connectivity index (χ0) is 19.1. The summed E-state index contributed by atoms with van der Waals surface area (Å²) in [6.45, 7) is 0.467. The third-order valence-corrected chi connectivity index (χ3v) is 7.69. The van der Waals surface area contributed by atoms with Crippen LogP contribution in [0.5, 0.6) is 5.75 Å². The van der Waals surface area contributed by atoms with E-state index in [1.54, 1.807) is 12.1 Å². The Morgan fingerprint density at radius 2 is 1.93 bits per heavy atom. The van der Waals surface area contributed by atoms with Gasteiger partial charge in [-0.25, -0.2) is 4.39 Å². The van der Waals surface area contributed by atoms with Gasteiger partial charge in [0.25, 0.3) is 5.91 Å². The summed E-state index contributed by atoms with van der Waals surface area (Å²) in [5.41, 5.74) is 2.26. The van der Waals surface area contributed by atoms with Crippen LogP contribution in [0, 0.1) is 5.82 Å². The van der Waals surface area contributed by atoms with Gasteiger partial charge >= 0.3 is 0 Å². The van der Waals surface area contributed by atoms with Crippen molar-refractivity contribution < 1.29 is 13.9 Å². The van der Waals surface area contributed by atoms with Crippen LogP contribution >= 0.6 is 39.5 Å². The Hall–Kier alpha value is -1.18. The number of ether oxygens (including phenoxy) is 1. The number of hydrogen-bond acceptors (Lipinski definition) is 4. The Morgan fingerprint density at radius 1 is 1.19 bits per heavy atom. The van der Waals surface area contributed by atoms with Gasteiger partial charge in [0.15, 0.2) is 6.61 Å². The molecule has 0 bridgehead atoms. The van der Waals surface area contributed by atoms with E-state index in [1.165, 1.54) is 29.6 Å². The highest BCUT2D eigenvalue weighted by Gasteiger charge is 2.16. The van der Waals surface area contributed by atoms with Crippen molar-refractivity contribution in [2.24, 2.45) is 0 Å². The fourth-order valence-corrected chi connectivity index (χ4v) is 5.96. The van der Waals surface area contributed by atoms with Crippen LogP contribution in [0.3, 0.4) is 0 Å². The maximum atomic E-state index is 13.2. The third kappa shape index (κ3) is 6.43. The van der Waals surface area contributed by atoms with Crippen molar-refractivity contribution in [2.45, 2.75) is 17.4 Å². The number of hydrogen-bond donors (Lipinski definition) is 1. The van der Waals surface area contributed by atoms with Crippen molar-refractivity contribution in [1.82, 2.24) is 5.32 Å². The summed E-state index contributed by atoms with van der Waals surface area (Å²) in [7, 11) is 0. The maximum absolute atomic E-state index is 13.2. The lowest BCUT2D eigenvalue weighted by atomic mass is 10.1. The minimum absolute atomic E-state index is 0.0145. The molecule has 0 spiro atoms. The van der Waals surface area contributed by atoms with Crippen LogP contribution in [-0.2, 0) is 11.2 Å². The first-order valence-corrected chi connectivity index (χ1v) is 11.7. The summed E-state index contributed by atoms with van der Waals surface area (Å²) in [6, 6.07) is 12.9. The lowest BCUT2D eigenvalue weighted by Crippen LogP contribution is -2.30. The first kappa shape index (κ1) is 20.6. The fourth-order valence-electron chi connectivity index (χ4n) is 2.64. The molecule has 1 aliphatic rings. The molecule has 27 heavy (non-hydrogen) atoms. The van der Waals surface area contributed by atoms with Crippen molar-refractivity contribution in [3.05, 3.63) is 63.9 Å². The second kappa shape index (κ2) is 10.4. The van der Waals surface area contributed by atoms with Gasteiger partial charge in [-0.3, -0.25) is 4.79 Å². The Balaban J connectivity index is 1.39. The minimum Gasteiger partial charge on any atom is -0.484 e. The number of halogens is 2. The first-order chi connectivity index (χ1) is 13.1. The summed E-state index contributed by atoms with van der Waals surface area (Å²) < 4.78 is 19.7. The van der Waals surface area contributed by atoms with E-state index < -0.39 is 0 Å². The van der Waals surface area contributed by atoms with Crippen LogP contribution < -0.4 is 10.1 Å². The standard InChI is InChI=1S/C20H21BrFNO2S2/c21-17-12-14(2-7-18(17)22)8-9-23-19(24)13-25-16-5-3-15(4-6-16)20-26-10-1-11-27-20/h2-7,12,20H,1,8-11,13H2,(H,23,24). The average Bonchev–Trinajstić information content (AvgIpc) is 2.70. The molecule has 2 aromatic carbocycles.